The van der Waals surface area contributed by atoms with Gasteiger partial charge in [-0.05, 0) is 6.42 Å². The number of ether oxygens (including phenoxy) is 1. The van der Waals surface area contributed by atoms with Crippen molar-refractivity contribution < 1.29 is 17.9 Å². The minimum atomic E-state index is -2.84. The maximum atomic E-state index is 11.9. The highest BCUT2D eigenvalue weighted by molar-refractivity contribution is 7.91. The summed E-state index contributed by atoms with van der Waals surface area (Å²) in [5.41, 5.74) is 0. The van der Waals surface area contributed by atoms with E-state index in [1.807, 2.05) is 0 Å². The first-order chi connectivity index (χ1) is 17.5. The average molecular weight is 530 g/mol. The quantitative estimate of drug-likeness (QED) is 0.0889. The van der Waals surface area contributed by atoms with E-state index in [0.29, 0.717) is 32.7 Å². The van der Waals surface area contributed by atoms with Crippen molar-refractivity contribution in [2.24, 2.45) is 0 Å². The molecule has 214 valence electrons. The molecule has 36 heavy (non-hydrogen) atoms. The Morgan fingerprint density at radius 3 is 1.36 bits per heavy atom. The Morgan fingerprint density at radius 1 is 0.611 bits per heavy atom. The minimum Gasteiger partial charge on any atom is -0.464 e. The minimum absolute atomic E-state index is 0.113. The van der Waals surface area contributed by atoms with E-state index in [1.54, 1.807) is 0 Å². The molecular formula is C30H59NO4S. The van der Waals surface area contributed by atoms with Crippen molar-refractivity contribution in [3.8, 4) is 0 Å². The third-order valence-electron chi connectivity index (χ3n) is 7.59. The highest BCUT2D eigenvalue weighted by Gasteiger charge is 2.21. The molecule has 1 aliphatic heterocycles. The summed E-state index contributed by atoms with van der Waals surface area (Å²) < 4.78 is 28.2. The average Bonchev–Trinajstić information content (AvgIpc) is 2.86. The van der Waals surface area contributed by atoms with Gasteiger partial charge in [0.15, 0.2) is 9.84 Å². The fourth-order valence-electron chi connectivity index (χ4n) is 5.04. The number of carbonyl (C=O) groups is 1. The van der Waals surface area contributed by atoms with Crippen LogP contribution in [0, 0.1) is 0 Å². The highest BCUT2D eigenvalue weighted by Crippen LogP contribution is 2.15. The zero-order chi connectivity index (χ0) is 26.2. The molecule has 6 heteroatoms. The molecule has 0 aromatic carbocycles. The Hall–Kier alpha value is -0.620. The normalized spacial score (nSPS) is 15.8. The van der Waals surface area contributed by atoms with Gasteiger partial charge in [0.25, 0.3) is 0 Å². The lowest BCUT2D eigenvalue weighted by Gasteiger charge is -2.26. The second-order valence-corrected chi connectivity index (χ2v) is 13.3. The molecule has 0 aromatic rings. The Kier molecular flexibility index (Phi) is 21.8. The van der Waals surface area contributed by atoms with Crippen LogP contribution in [-0.2, 0) is 19.4 Å². The van der Waals surface area contributed by atoms with Crippen LogP contribution in [0.1, 0.15) is 148 Å². The van der Waals surface area contributed by atoms with Gasteiger partial charge < -0.3 is 4.74 Å². The number of hydrogen-bond acceptors (Lipinski definition) is 5. The standard InChI is InChI=1S/C30H59NO4S/c1-2-3-4-5-6-7-8-9-10-11-12-13-14-15-16-17-18-19-20-21-22-23-30(32)35-27-24-31-25-28-36(33,34)29-26-31/h2-29H2,1H3. The molecule has 0 aliphatic carbocycles. The molecule has 5 nitrogen and oxygen atoms in total. The maximum Gasteiger partial charge on any atom is 0.305 e. The topological polar surface area (TPSA) is 63.7 Å². The highest BCUT2D eigenvalue weighted by atomic mass is 32.2. The van der Waals surface area contributed by atoms with Crippen LogP contribution >= 0.6 is 0 Å². The lowest BCUT2D eigenvalue weighted by molar-refractivity contribution is -0.144. The Labute approximate surface area is 224 Å². The number of nitrogens with zero attached hydrogens (tertiary/aromatic N) is 1. The predicted octanol–water partition coefficient (Wildman–Crippen LogP) is 7.86. The Bertz CT molecular complexity index is 594. The summed E-state index contributed by atoms with van der Waals surface area (Å²) in [6, 6.07) is 0. The summed E-state index contributed by atoms with van der Waals surface area (Å²) in [7, 11) is -2.84. The predicted molar refractivity (Wildman–Crippen MR) is 153 cm³/mol. The van der Waals surface area contributed by atoms with Gasteiger partial charge in [-0.3, -0.25) is 9.69 Å². The van der Waals surface area contributed by atoms with Gasteiger partial charge in [-0.25, -0.2) is 8.42 Å². The van der Waals surface area contributed by atoms with Crippen LogP contribution in [0.5, 0.6) is 0 Å². The van der Waals surface area contributed by atoms with E-state index < -0.39 is 9.84 Å². The molecule has 1 saturated heterocycles. The second-order valence-electron chi connectivity index (χ2n) is 11.0. The lowest BCUT2D eigenvalue weighted by Crippen LogP contribution is -2.41. The number of esters is 1. The van der Waals surface area contributed by atoms with Gasteiger partial charge in [0.1, 0.15) is 6.61 Å². The molecule has 1 aliphatic rings. The number of sulfone groups is 1. The van der Waals surface area contributed by atoms with Gasteiger partial charge in [0, 0.05) is 26.1 Å². The van der Waals surface area contributed by atoms with E-state index >= 15 is 0 Å². The molecule has 0 atom stereocenters. The van der Waals surface area contributed by atoms with Crippen molar-refractivity contribution in [3.05, 3.63) is 0 Å². The van der Waals surface area contributed by atoms with Crippen LogP contribution in [0.15, 0.2) is 0 Å². The van der Waals surface area contributed by atoms with Crippen LogP contribution in [-0.4, -0.2) is 57.0 Å². The van der Waals surface area contributed by atoms with Crippen LogP contribution in [0.25, 0.3) is 0 Å². The molecule has 0 spiro atoms. The molecule has 0 bridgehead atoms. The van der Waals surface area contributed by atoms with Crippen molar-refractivity contribution in [2.75, 3.05) is 37.7 Å². The van der Waals surface area contributed by atoms with Crippen LogP contribution in [0.3, 0.4) is 0 Å². The van der Waals surface area contributed by atoms with Crippen molar-refractivity contribution in [2.45, 2.75) is 148 Å². The van der Waals surface area contributed by atoms with Gasteiger partial charge >= 0.3 is 5.97 Å². The van der Waals surface area contributed by atoms with Crippen molar-refractivity contribution in [3.63, 3.8) is 0 Å². The third kappa shape index (κ3) is 21.5. The molecular weight excluding hydrogens is 470 g/mol. The van der Waals surface area contributed by atoms with Crippen molar-refractivity contribution >= 4 is 15.8 Å². The van der Waals surface area contributed by atoms with Crippen molar-refractivity contribution in [1.29, 1.82) is 0 Å². The summed E-state index contributed by atoms with van der Waals surface area (Å²) in [5.74, 6) is 0.332. The largest absolute Gasteiger partial charge is 0.464 e. The zero-order valence-corrected chi connectivity index (χ0v) is 24.6. The first kappa shape index (κ1) is 33.4. The van der Waals surface area contributed by atoms with E-state index in [9.17, 15) is 13.2 Å². The number of carbonyl (C=O) groups excluding carboxylic acids is 1. The molecule has 1 fully saturated rings. The van der Waals surface area contributed by atoms with Crippen LogP contribution in [0.4, 0.5) is 0 Å². The van der Waals surface area contributed by atoms with E-state index in [0.717, 1.165) is 12.8 Å². The molecule has 1 rings (SSSR count). The molecule has 0 amide bonds. The lowest BCUT2D eigenvalue weighted by atomic mass is 10.0. The fraction of sp³-hybridized carbons (Fsp3) is 0.967. The van der Waals surface area contributed by atoms with E-state index in [4.69, 9.17) is 4.74 Å². The first-order valence-corrected chi connectivity index (χ1v) is 17.4. The summed E-state index contributed by atoms with van der Waals surface area (Å²) >= 11 is 0. The van der Waals surface area contributed by atoms with Crippen LogP contribution < -0.4 is 0 Å². The molecule has 1 heterocycles. The molecule has 0 N–H and O–H groups in total. The molecule has 0 aromatic heterocycles. The SMILES string of the molecule is CCCCCCCCCCCCCCCCCCCCCCCC(=O)OCCN1CCS(=O)(=O)CC1. The number of rotatable bonds is 25. The van der Waals surface area contributed by atoms with Crippen LogP contribution in [0.2, 0.25) is 0 Å². The van der Waals surface area contributed by atoms with E-state index in [-0.39, 0.29) is 17.5 Å². The molecule has 0 saturated carbocycles. The molecule has 0 unspecified atom stereocenters. The van der Waals surface area contributed by atoms with Gasteiger partial charge in [-0.15, -0.1) is 0 Å². The van der Waals surface area contributed by atoms with Gasteiger partial charge in [-0.1, -0.05) is 135 Å². The second kappa shape index (κ2) is 23.5. The zero-order valence-electron chi connectivity index (χ0n) is 23.8. The summed E-state index contributed by atoms with van der Waals surface area (Å²) in [6.07, 6.45) is 29.1. The number of hydrogen-bond donors (Lipinski definition) is 0. The summed E-state index contributed by atoms with van der Waals surface area (Å²) in [6.45, 7) is 4.41. The maximum absolute atomic E-state index is 11.9. The van der Waals surface area contributed by atoms with Gasteiger partial charge in [0.05, 0.1) is 11.5 Å². The third-order valence-corrected chi connectivity index (χ3v) is 9.20. The summed E-state index contributed by atoms with van der Waals surface area (Å²) in [4.78, 5) is 13.9. The molecule has 0 radical (unpaired) electrons. The van der Waals surface area contributed by atoms with Gasteiger partial charge in [-0.2, -0.15) is 0 Å². The number of unbranched alkanes of at least 4 members (excludes halogenated alkanes) is 20. The fourth-order valence-corrected chi connectivity index (χ4v) is 6.31. The van der Waals surface area contributed by atoms with Gasteiger partial charge in [0.2, 0.25) is 0 Å². The van der Waals surface area contributed by atoms with Crippen molar-refractivity contribution in [1.82, 2.24) is 4.90 Å². The first-order valence-electron chi connectivity index (χ1n) is 15.6. The Balaban J connectivity index is 1.71. The smallest absolute Gasteiger partial charge is 0.305 e. The van der Waals surface area contributed by atoms with E-state index in [2.05, 4.69) is 11.8 Å². The summed E-state index contributed by atoms with van der Waals surface area (Å²) in [5, 5.41) is 0. The van der Waals surface area contributed by atoms with E-state index in [1.165, 1.54) is 122 Å². The monoisotopic (exact) mass is 529 g/mol. The Morgan fingerprint density at radius 2 is 0.972 bits per heavy atom.